The van der Waals surface area contributed by atoms with Gasteiger partial charge in [-0.2, -0.15) is 0 Å². The van der Waals surface area contributed by atoms with Gasteiger partial charge in [0.1, 0.15) is 0 Å². The number of sulfonamides is 1. The lowest BCUT2D eigenvalue weighted by Crippen LogP contribution is -2.24. The maximum absolute atomic E-state index is 11.9. The molecule has 0 aromatic heterocycles. The second-order valence-electron chi connectivity index (χ2n) is 4.85. The van der Waals surface area contributed by atoms with Gasteiger partial charge >= 0.3 is 5.97 Å². The summed E-state index contributed by atoms with van der Waals surface area (Å²) < 4.78 is 26.2. The zero-order valence-corrected chi connectivity index (χ0v) is 13.3. The second kappa shape index (κ2) is 7.42. The van der Waals surface area contributed by atoms with E-state index in [1.54, 1.807) is 6.92 Å². The summed E-state index contributed by atoms with van der Waals surface area (Å²) in [6.45, 7) is 5.91. The van der Waals surface area contributed by atoms with Crippen molar-refractivity contribution in [1.29, 1.82) is 0 Å². The van der Waals surface area contributed by atoms with Gasteiger partial charge in [-0.1, -0.05) is 20.3 Å². The van der Waals surface area contributed by atoms with E-state index in [-0.39, 0.29) is 23.0 Å². The molecule has 1 aromatic carbocycles. The molecule has 0 saturated heterocycles. The summed E-state index contributed by atoms with van der Waals surface area (Å²) in [4.78, 5) is 11.3. The molecular formula is C14H22N2O4S. The van der Waals surface area contributed by atoms with Gasteiger partial charge in [-0.05, 0) is 31.5 Å². The highest BCUT2D eigenvalue weighted by Crippen LogP contribution is 2.22. The summed E-state index contributed by atoms with van der Waals surface area (Å²) in [6, 6.07) is 4.20. The van der Waals surface area contributed by atoms with Gasteiger partial charge in [0.05, 0.1) is 10.5 Å². The van der Waals surface area contributed by atoms with Gasteiger partial charge in [0.25, 0.3) is 0 Å². The molecule has 0 aliphatic rings. The molecule has 1 atom stereocenters. The summed E-state index contributed by atoms with van der Waals surface area (Å²) in [6.07, 6.45) is 1.87. The van der Waals surface area contributed by atoms with Crippen LogP contribution in [0.4, 0.5) is 5.69 Å². The van der Waals surface area contributed by atoms with Crippen molar-refractivity contribution in [3.63, 3.8) is 0 Å². The van der Waals surface area contributed by atoms with E-state index in [0.29, 0.717) is 5.69 Å². The van der Waals surface area contributed by atoms with Crippen molar-refractivity contribution in [1.82, 2.24) is 4.72 Å². The molecule has 118 valence electrons. The molecule has 0 bridgehead atoms. The van der Waals surface area contributed by atoms with E-state index in [1.165, 1.54) is 18.2 Å². The highest BCUT2D eigenvalue weighted by atomic mass is 32.2. The van der Waals surface area contributed by atoms with Crippen LogP contribution >= 0.6 is 0 Å². The normalized spacial score (nSPS) is 12.9. The zero-order chi connectivity index (χ0) is 16.0. The number of aromatic carboxylic acids is 1. The molecule has 3 N–H and O–H groups in total. The third-order valence-electron chi connectivity index (χ3n) is 2.99. The van der Waals surface area contributed by atoms with Crippen LogP contribution in [0.1, 0.15) is 44.0 Å². The van der Waals surface area contributed by atoms with Crippen LogP contribution in [0.3, 0.4) is 0 Å². The molecule has 0 aliphatic heterocycles. The van der Waals surface area contributed by atoms with Crippen molar-refractivity contribution in [3.05, 3.63) is 23.8 Å². The average Bonchev–Trinajstić information content (AvgIpc) is 2.38. The third-order valence-corrected chi connectivity index (χ3v) is 4.53. The lowest BCUT2D eigenvalue weighted by Gasteiger charge is -2.17. The van der Waals surface area contributed by atoms with Crippen molar-refractivity contribution < 1.29 is 18.3 Å². The minimum Gasteiger partial charge on any atom is -0.478 e. The lowest BCUT2D eigenvalue weighted by atomic mass is 10.1. The summed E-state index contributed by atoms with van der Waals surface area (Å²) in [5.74, 6) is -1.16. The molecule has 0 heterocycles. The van der Waals surface area contributed by atoms with Crippen LogP contribution in [0.25, 0.3) is 0 Å². The van der Waals surface area contributed by atoms with Crippen molar-refractivity contribution in [2.75, 3.05) is 11.9 Å². The summed E-state index contributed by atoms with van der Waals surface area (Å²) in [7, 11) is -3.66. The number of carboxylic acid groups (broad SMARTS) is 1. The zero-order valence-electron chi connectivity index (χ0n) is 12.5. The molecule has 0 aliphatic carbocycles. The molecule has 0 spiro atoms. The number of carbonyl (C=O) groups is 1. The molecule has 1 aromatic rings. The Balaban J connectivity index is 3.17. The number of nitrogens with one attached hydrogen (secondary N) is 2. The van der Waals surface area contributed by atoms with Gasteiger partial charge in [-0.15, -0.1) is 0 Å². The molecule has 0 saturated carbocycles. The number of benzene rings is 1. The first-order valence-electron chi connectivity index (χ1n) is 6.95. The topological polar surface area (TPSA) is 95.5 Å². The molecular weight excluding hydrogens is 292 g/mol. The van der Waals surface area contributed by atoms with Crippen molar-refractivity contribution in [3.8, 4) is 0 Å². The first-order valence-corrected chi connectivity index (χ1v) is 8.43. The highest BCUT2D eigenvalue weighted by molar-refractivity contribution is 7.89. The Morgan fingerprint density at radius 2 is 2.00 bits per heavy atom. The van der Waals surface area contributed by atoms with E-state index in [4.69, 9.17) is 0 Å². The van der Waals surface area contributed by atoms with E-state index in [0.717, 1.165) is 12.8 Å². The lowest BCUT2D eigenvalue weighted by molar-refractivity contribution is 0.0697. The number of anilines is 1. The van der Waals surface area contributed by atoms with Crippen molar-refractivity contribution >= 4 is 21.7 Å². The highest BCUT2D eigenvalue weighted by Gasteiger charge is 2.18. The van der Waals surface area contributed by atoms with Crippen LogP contribution in [0.2, 0.25) is 0 Å². The average molecular weight is 314 g/mol. The number of hydrogen-bond acceptors (Lipinski definition) is 4. The van der Waals surface area contributed by atoms with Crippen LogP contribution in [0, 0.1) is 0 Å². The van der Waals surface area contributed by atoms with E-state index in [9.17, 15) is 18.3 Å². The fourth-order valence-corrected chi connectivity index (χ4v) is 3.10. The van der Waals surface area contributed by atoms with Gasteiger partial charge < -0.3 is 10.4 Å². The number of carboxylic acids is 1. The monoisotopic (exact) mass is 314 g/mol. The van der Waals surface area contributed by atoms with E-state index < -0.39 is 16.0 Å². The third kappa shape index (κ3) is 4.71. The standard InChI is InChI=1S/C14H22N2O4S/c1-4-6-10(3)16-13-8-7-11(9-12(13)14(17)18)21(19,20)15-5-2/h7-10,15-16H,4-6H2,1-3H3,(H,17,18)/t10-/m1/s1. The SMILES string of the molecule is CCC[C@@H](C)Nc1ccc(S(=O)(=O)NCC)cc1C(=O)O. The molecule has 7 heteroatoms. The van der Waals surface area contributed by atoms with Crippen LogP contribution in [-0.2, 0) is 10.0 Å². The summed E-state index contributed by atoms with van der Waals surface area (Å²) in [5.41, 5.74) is 0.385. The minimum absolute atomic E-state index is 0.0445. The Kier molecular flexibility index (Phi) is 6.17. The first kappa shape index (κ1) is 17.5. The molecule has 0 fully saturated rings. The Bertz CT molecular complexity index is 599. The van der Waals surface area contributed by atoms with Crippen molar-refractivity contribution in [2.24, 2.45) is 0 Å². The van der Waals surface area contributed by atoms with Gasteiger partial charge in [-0.25, -0.2) is 17.9 Å². The van der Waals surface area contributed by atoms with Crippen LogP contribution < -0.4 is 10.0 Å². The van der Waals surface area contributed by atoms with Crippen molar-refractivity contribution in [2.45, 2.75) is 44.6 Å². The van der Waals surface area contributed by atoms with E-state index in [1.807, 2.05) is 13.8 Å². The Morgan fingerprint density at radius 1 is 1.33 bits per heavy atom. The first-order chi connectivity index (χ1) is 9.81. The van der Waals surface area contributed by atoms with Gasteiger partial charge in [0.2, 0.25) is 10.0 Å². The molecule has 21 heavy (non-hydrogen) atoms. The predicted molar refractivity (Wildman–Crippen MR) is 82.3 cm³/mol. The van der Waals surface area contributed by atoms with Gasteiger partial charge in [-0.3, -0.25) is 0 Å². The smallest absolute Gasteiger partial charge is 0.337 e. The van der Waals surface area contributed by atoms with Crippen LogP contribution in [0.15, 0.2) is 23.1 Å². The molecule has 6 nitrogen and oxygen atoms in total. The fraction of sp³-hybridized carbons (Fsp3) is 0.500. The maximum Gasteiger partial charge on any atom is 0.337 e. The molecule has 0 unspecified atom stereocenters. The van der Waals surface area contributed by atoms with E-state index >= 15 is 0 Å². The largest absolute Gasteiger partial charge is 0.478 e. The number of hydrogen-bond donors (Lipinski definition) is 3. The second-order valence-corrected chi connectivity index (χ2v) is 6.61. The Labute approximate surface area is 125 Å². The van der Waals surface area contributed by atoms with Gasteiger partial charge in [0, 0.05) is 18.3 Å². The fourth-order valence-electron chi connectivity index (χ4n) is 2.04. The number of rotatable bonds is 8. The Morgan fingerprint density at radius 3 is 2.52 bits per heavy atom. The van der Waals surface area contributed by atoms with E-state index in [2.05, 4.69) is 10.0 Å². The quantitative estimate of drug-likeness (QED) is 0.684. The maximum atomic E-state index is 11.9. The molecule has 1 rings (SSSR count). The van der Waals surface area contributed by atoms with Gasteiger partial charge in [0.15, 0.2) is 0 Å². The Hall–Kier alpha value is -1.60. The molecule has 0 amide bonds. The molecule has 0 radical (unpaired) electrons. The summed E-state index contributed by atoms with van der Waals surface area (Å²) >= 11 is 0. The van der Waals surface area contributed by atoms with Crippen LogP contribution in [0.5, 0.6) is 0 Å². The summed E-state index contributed by atoms with van der Waals surface area (Å²) in [5, 5.41) is 12.4. The predicted octanol–water partition coefficient (Wildman–Crippen LogP) is 2.28. The van der Waals surface area contributed by atoms with Crippen LogP contribution in [-0.4, -0.2) is 32.1 Å². The minimum atomic E-state index is -3.66.